The molecule has 3 N–H and O–H groups in total. The Labute approximate surface area is 133 Å². The first-order valence-electron chi connectivity index (χ1n) is 7.15. The van der Waals surface area contributed by atoms with E-state index in [0.717, 1.165) is 5.69 Å². The van der Waals surface area contributed by atoms with Crippen LogP contribution in [0.2, 0.25) is 0 Å². The maximum atomic E-state index is 13.5. The van der Waals surface area contributed by atoms with Gasteiger partial charge in [-0.1, -0.05) is 12.1 Å². The van der Waals surface area contributed by atoms with Gasteiger partial charge in [0.15, 0.2) is 0 Å². The second-order valence-corrected chi connectivity index (χ2v) is 5.09. The molecule has 0 fully saturated rings. The number of carbonyl (C=O) groups is 2. The van der Waals surface area contributed by atoms with Crippen LogP contribution in [0.5, 0.6) is 0 Å². The minimum atomic E-state index is -0.554. The van der Waals surface area contributed by atoms with E-state index in [1.165, 1.54) is 19.1 Å². The monoisotopic (exact) mass is 315 g/mol. The Morgan fingerprint density at radius 1 is 0.957 bits per heavy atom. The second kappa shape index (κ2) is 7.40. The molecule has 2 aromatic rings. The molecule has 0 aliphatic heterocycles. The summed E-state index contributed by atoms with van der Waals surface area (Å²) in [6, 6.07) is 12.4. The second-order valence-electron chi connectivity index (χ2n) is 5.09. The Morgan fingerprint density at radius 3 is 2.17 bits per heavy atom. The summed E-state index contributed by atoms with van der Waals surface area (Å²) in [6.07, 6.45) is 0. The van der Waals surface area contributed by atoms with E-state index in [2.05, 4.69) is 16.0 Å². The molecule has 6 heteroatoms. The van der Waals surface area contributed by atoms with E-state index in [9.17, 15) is 14.0 Å². The van der Waals surface area contributed by atoms with Gasteiger partial charge in [-0.2, -0.15) is 0 Å². The Morgan fingerprint density at radius 2 is 1.57 bits per heavy atom. The molecular weight excluding hydrogens is 297 g/mol. The van der Waals surface area contributed by atoms with Crippen molar-refractivity contribution in [3.63, 3.8) is 0 Å². The Hall–Kier alpha value is -2.89. The first kappa shape index (κ1) is 16.5. The van der Waals surface area contributed by atoms with Crippen molar-refractivity contribution in [3.05, 3.63) is 54.3 Å². The van der Waals surface area contributed by atoms with Gasteiger partial charge >= 0.3 is 0 Å². The molecular formula is C17H18FN3O2. The number of carbonyl (C=O) groups excluding carboxylic acids is 2. The average molecular weight is 315 g/mol. The molecule has 0 saturated carbocycles. The highest BCUT2D eigenvalue weighted by Crippen LogP contribution is 2.16. The Bertz CT molecular complexity index is 701. The van der Waals surface area contributed by atoms with Crippen LogP contribution in [0.4, 0.5) is 21.5 Å². The summed E-state index contributed by atoms with van der Waals surface area (Å²) in [5, 5.41) is 8.21. The zero-order valence-corrected chi connectivity index (χ0v) is 12.9. The van der Waals surface area contributed by atoms with E-state index in [1.54, 1.807) is 43.3 Å². The summed E-state index contributed by atoms with van der Waals surface area (Å²) in [5.41, 5.74) is 1.54. The maximum absolute atomic E-state index is 13.5. The molecule has 0 radical (unpaired) electrons. The third kappa shape index (κ3) is 4.81. The molecule has 23 heavy (non-hydrogen) atoms. The summed E-state index contributed by atoms with van der Waals surface area (Å²) in [5.74, 6) is -0.975. The molecule has 0 unspecified atom stereocenters. The van der Waals surface area contributed by atoms with Crippen LogP contribution in [0, 0.1) is 5.82 Å². The van der Waals surface area contributed by atoms with Gasteiger partial charge in [-0.15, -0.1) is 0 Å². The fourth-order valence-electron chi connectivity index (χ4n) is 1.97. The third-order valence-electron chi connectivity index (χ3n) is 3.11. The molecule has 2 rings (SSSR count). The SMILES string of the molecule is CC(=O)Nc1ccc(N[C@@H](C)C(=O)Nc2ccccc2F)cc1. The summed E-state index contributed by atoms with van der Waals surface area (Å²) < 4.78 is 13.5. The summed E-state index contributed by atoms with van der Waals surface area (Å²) in [4.78, 5) is 23.0. The van der Waals surface area contributed by atoms with Crippen molar-refractivity contribution < 1.29 is 14.0 Å². The van der Waals surface area contributed by atoms with Gasteiger partial charge in [0.05, 0.1) is 5.69 Å². The molecule has 0 spiro atoms. The van der Waals surface area contributed by atoms with Crippen molar-refractivity contribution in [2.24, 2.45) is 0 Å². The van der Waals surface area contributed by atoms with Crippen molar-refractivity contribution in [1.82, 2.24) is 0 Å². The molecule has 2 aromatic carbocycles. The molecule has 0 saturated heterocycles. The number of anilines is 3. The first-order valence-corrected chi connectivity index (χ1v) is 7.15. The van der Waals surface area contributed by atoms with Crippen molar-refractivity contribution in [1.29, 1.82) is 0 Å². The Balaban J connectivity index is 1.95. The smallest absolute Gasteiger partial charge is 0.246 e. The van der Waals surface area contributed by atoms with Crippen molar-refractivity contribution >= 4 is 28.9 Å². The lowest BCUT2D eigenvalue weighted by molar-refractivity contribution is -0.116. The molecule has 0 bridgehead atoms. The average Bonchev–Trinajstić information content (AvgIpc) is 2.51. The van der Waals surface area contributed by atoms with Gasteiger partial charge in [0.2, 0.25) is 11.8 Å². The number of hydrogen-bond donors (Lipinski definition) is 3. The van der Waals surface area contributed by atoms with Crippen molar-refractivity contribution in [2.45, 2.75) is 19.9 Å². The molecule has 2 amide bonds. The summed E-state index contributed by atoms with van der Waals surface area (Å²) >= 11 is 0. The van der Waals surface area contributed by atoms with E-state index in [0.29, 0.717) is 5.69 Å². The summed E-state index contributed by atoms with van der Waals surface area (Å²) in [6.45, 7) is 3.11. The quantitative estimate of drug-likeness (QED) is 0.793. The molecule has 5 nitrogen and oxygen atoms in total. The Kier molecular flexibility index (Phi) is 5.30. The lowest BCUT2D eigenvalue weighted by Crippen LogP contribution is -2.32. The van der Waals surface area contributed by atoms with Gasteiger partial charge in [-0.25, -0.2) is 4.39 Å². The first-order chi connectivity index (χ1) is 11.0. The molecule has 0 aliphatic carbocycles. The number of para-hydroxylation sites is 1. The predicted molar refractivity (Wildman–Crippen MR) is 88.9 cm³/mol. The van der Waals surface area contributed by atoms with Gasteiger partial charge in [0, 0.05) is 18.3 Å². The third-order valence-corrected chi connectivity index (χ3v) is 3.11. The largest absolute Gasteiger partial charge is 0.374 e. The predicted octanol–water partition coefficient (Wildman–Crippen LogP) is 3.22. The van der Waals surface area contributed by atoms with Crippen LogP contribution < -0.4 is 16.0 Å². The zero-order valence-electron chi connectivity index (χ0n) is 12.9. The van der Waals surface area contributed by atoms with Crippen LogP contribution in [0.3, 0.4) is 0 Å². The standard InChI is InChI=1S/C17H18FN3O2/c1-11(17(23)21-16-6-4-3-5-15(16)18)19-13-7-9-14(10-8-13)20-12(2)22/h3-11,19H,1-2H3,(H,20,22)(H,21,23)/t11-/m0/s1. The van der Waals surface area contributed by atoms with Crippen LogP contribution in [-0.2, 0) is 9.59 Å². The van der Waals surface area contributed by atoms with E-state index in [-0.39, 0.29) is 17.5 Å². The van der Waals surface area contributed by atoms with Gasteiger partial charge in [-0.3, -0.25) is 9.59 Å². The molecule has 120 valence electrons. The molecule has 0 heterocycles. The van der Waals surface area contributed by atoms with Crippen LogP contribution in [0.15, 0.2) is 48.5 Å². The molecule has 1 atom stereocenters. The van der Waals surface area contributed by atoms with Crippen molar-refractivity contribution in [3.8, 4) is 0 Å². The normalized spacial score (nSPS) is 11.4. The lowest BCUT2D eigenvalue weighted by Gasteiger charge is -2.16. The fraction of sp³-hybridized carbons (Fsp3) is 0.176. The fourth-order valence-corrected chi connectivity index (χ4v) is 1.97. The van der Waals surface area contributed by atoms with Crippen LogP contribution in [0.25, 0.3) is 0 Å². The minimum Gasteiger partial charge on any atom is -0.374 e. The summed E-state index contributed by atoms with van der Waals surface area (Å²) in [7, 11) is 0. The number of halogens is 1. The highest BCUT2D eigenvalue weighted by Gasteiger charge is 2.14. The zero-order chi connectivity index (χ0) is 16.8. The minimum absolute atomic E-state index is 0.146. The highest BCUT2D eigenvalue weighted by molar-refractivity contribution is 5.96. The van der Waals surface area contributed by atoms with Crippen molar-refractivity contribution in [2.75, 3.05) is 16.0 Å². The van der Waals surface area contributed by atoms with Gasteiger partial charge < -0.3 is 16.0 Å². The van der Waals surface area contributed by atoms with Crippen LogP contribution in [-0.4, -0.2) is 17.9 Å². The number of hydrogen-bond acceptors (Lipinski definition) is 3. The number of benzene rings is 2. The van der Waals surface area contributed by atoms with E-state index >= 15 is 0 Å². The van der Waals surface area contributed by atoms with E-state index in [1.807, 2.05) is 0 Å². The maximum Gasteiger partial charge on any atom is 0.246 e. The van der Waals surface area contributed by atoms with E-state index in [4.69, 9.17) is 0 Å². The highest BCUT2D eigenvalue weighted by atomic mass is 19.1. The van der Waals surface area contributed by atoms with E-state index < -0.39 is 11.9 Å². The number of rotatable bonds is 5. The molecule has 0 aliphatic rings. The number of nitrogens with one attached hydrogen (secondary N) is 3. The van der Waals surface area contributed by atoms with Crippen LogP contribution in [0.1, 0.15) is 13.8 Å². The lowest BCUT2D eigenvalue weighted by atomic mass is 10.2. The van der Waals surface area contributed by atoms with Crippen LogP contribution >= 0.6 is 0 Å². The topological polar surface area (TPSA) is 70.2 Å². The number of amides is 2. The van der Waals surface area contributed by atoms with Gasteiger partial charge in [0.1, 0.15) is 11.9 Å². The van der Waals surface area contributed by atoms with Gasteiger partial charge in [-0.05, 0) is 43.3 Å². The van der Waals surface area contributed by atoms with Gasteiger partial charge in [0.25, 0.3) is 0 Å². The molecule has 0 aromatic heterocycles.